The summed E-state index contributed by atoms with van der Waals surface area (Å²) in [6.07, 6.45) is 1.67. The highest BCUT2D eigenvalue weighted by Gasteiger charge is 2.36. The van der Waals surface area contributed by atoms with Gasteiger partial charge in [0.25, 0.3) is 5.91 Å². The average molecular weight is 331 g/mol. The first kappa shape index (κ1) is 14.6. The third-order valence-electron chi connectivity index (χ3n) is 3.00. The van der Waals surface area contributed by atoms with Crippen LogP contribution in [0.1, 0.15) is 24.3 Å². The van der Waals surface area contributed by atoms with Gasteiger partial charge in [0, 0.05) is 30.9 Å². The molecule has 0 saturated carbocycles. The van der Waals surface area contributed by atoms with Crippen LogP contribution in [0.5, 0.6) is 0 Å². The van der Waals surface area contributed by atoms with E-state index in [-0.39, 0.29) is 17.6 Å². The number of halogens is 1. The number of ether oxygens (including phenoxy) is 2. The number of H-pyrrole nitrogens is 1. The van der Waals surface area contributed by atoms with Crippen LogP contribution < -0.4 is 0 Å². The average Bonchev–Trinajstić information content (AvgIpc) is 2.73. The van der Waals surface area contributed by atoms with Gasteiger partial charge in [-0.1, -0.05) is 0 Å². The summed E-state index contributed by atoms with van der Waals surface area (Å²) >= 11 is 3.34. The van der Waals surface area contributed by atoms with Crippen LogP contribution in [0.4, 0.5) is 0 Å². The third kappa shape index (κ3) is 3.58. The van der Waals surface area contributed by atoms with E-state index >= 15 is 0 Å². The number of hydrogen-bond donors (Lipinski definition) is 1. The van der Waals surface area contributed by atoms with Crippen molar-refractivity contribution in [2.75, 3.05) is 26.8 Å². The van der Waals surface area contributed by atoms with E-state index in [4.69, 9.17) is 9.47 Å². The Hall–Kier alpha value is -0.850. The second kappa shape index (κ2) is 5.64. The molecule has 5 nitrogen and oxygen atoms in total. The fourth-order valence-corrected chi connectivity index (χ4v) is 2.73. The van der Waals surface area contributed by atoms with Crippen molar-refractivity contribution in [3.8, 4) is 0 Å². The fraction of sp³-hybridized carbons (Fsp3) is 0.615. The van der Waals surface area contributed by atoms with Crippen molar-refractivity contribution in [1.29, 1.82) is 0 Å². The predicted molar refractivity (Wildman–Crippen MR) is 75.2 cm³/mol. The lowest BCUT2D eigenvalue weighted by Crippen LogP contribution is -2.55. The van der Waals surface area contributed by atoms with Crippen LogP contribution in [0.15, 0.2) is 16.7 Å². The molecule has 1 aliphatic heterocycles. The number of methoxy groups -OCH3 is 1. The number of amides is 1. The molecule has 1 amide bonds. The molecule has 0 aromatic carbocycles. The highest BCUT2D eigenvalue weighted by molar-refractivity contribution is 9.10. The Morgan fingerprint density at radius 2 is 2.42 bits per heavy atom. The van der Waals surface area contributed by atoms with Gasteiger partial charge < -0.3 is 19.4 Å². The van der Waals surface area contributed by atoms with Crippen molar-refractivity contribution >= 4 is 21.8 Å². The standard InChI is InChI=1S/C13H19BrN2O3/c1-13(2)8-16(6-10(19-13)7-18-3)12(17)11-4-9(14)5-15-11/h4-5,10,15H,6-8H2,1-3H3/t10-/m1/s1. The summed E-state index contributed by atoms with van der Waals surface area (Å²) in [5, 5.41) is 0. The Labute approximate surface area is 121 Å². The van der Waals surface area contributed by atoms with Gasteiger partial charge in [0.1, 0.15) is 5.69 Å². The van der Waals surface area contributed by atoms with Crippen molar-refractivity contribution < 1.29 is 14.3 Å². The van der Waals surface area contributed by atoms with Crippen LogP contribution in [-0.4, -0.2) is 54.3 Å². The molecule has 1 atom stereocenters. The molecule has 0 spiro atoms. The third-order valence-corrected chi connectivity index (χ3v) is 3.46. The number of nitrogens with one attached hydrogen (secondary N) is 1. The first-order chi connectivity index (χ1) is 8.91. The quantitative estimate of drug-likeness (QED) is 0.922. The second-order valence-corrected chi connectivity index (χ2v) is 6.29. The van der Waals surface area contributed by atoms with Crippen molar-refractivity contribution in [2.24, 2.45) is 0 Å². The van der Waals surface area contributed by atoms with Crippen molar-refractivity contribution in [3.63, 3.8) is 0 Å². The van der Waals surface area contributed by atoms with E-state index in [1.165, 1.54) is 0 Å². The molecule has 106 valence electrons. The number of aromatic nitrogens is 1. The van der Waals surface area contributed by atoms with Gasteiger partial charge >= 0.3 is 0 Å². The van der Waals surface area contributed by atoms with Gasteiger partial charge in [-0.2, -0.15) is 0 Å². The summed E-state index contributed by atoms with van der Waals surface area (Å²) in [5.74, 6) is -0.0109. The number of carbonyl (C=O) groups excluding carboxylic acids is 1. The molecule has 2 rings (SSSR count). The normalized spacial score (nSPS) is 22.5. The minimum atomic E-state index is -0.360. The van der Waals surface area contributed by atoms with Gasteiger partial charge in [-0.05, 0) is 35.8 Å². The lowest BCUT2D eigenvalue weighted by Gasteiger charge is -2.42. The number of morpholine rings is 1. The minimum Gasteiger partial charge on any atom is -0.382 e. The summed E-state index contributed by atoms with van der Waals surface area (Å²) in [5.41, 5.74) is 0.224. The van der Waals surface area contributed by atoms with E-state index in [0.29, 0.717) is 25.4 Å². The van der Waals surface area contributed by atoms with E-state index in [1.54, 1.807) is 19.4 Å². The molecule has 0 unspecified atom stereocenters. The largest absolute Gasteiger partial charge is 0.382 e. The number of rotatable bonds is 3. The van der Waals surface area contributed by atoms with Gasteiger partial charge in [0.05, 0.1) is 18.3 Å². The van der Waals surface area contributed by atoms with Crippen molar-refractivity contribution in [2.45, 2.75) is 25.6 Å². The van der Waals surface area contributed by atoms with Crippen LogP contribution in [-0.2, 0) is 9.47 Å². The zero-order chi connectivity index (χ0) is 14.0. The predicted octanol–water partition coefficient (Wildman–Crippen LogP) is 2.04. The molecule has 1 N–H and O–H groups in total. The van der Waals surface area contributed by atoms with Gasteiger partial charge in [-0.3, -0.25) is 4.79 Å². The molecule has 19 heavy (non-hydrogen) atoms. The zero-order valence-corrected chi connectivity index (χ0v) is 13.0. The van der Waals surface area contributed by atoms with E-state index < -0.39 is 0 Å². The highest BCUT2D eigenvalue weighted by Crippen LogP contribution is 2.23. The van der Waals surface area contributed by atoms with Crippen molar-refractivity contribution in [1.82, 2.24) is 9.88 Å². The second-order valence-electron chi connectivity index (χ2n) is 5.37. The number of carbonyl (C=O) groups is 1. The smallest absolute Gasteiger partial charge is 0.270 e. The Bertz CT molecular complexity index is 458. The summed E-state index contributed by atoms with van der Waals surface area (Å²) in [7, 11) is 1.64. The van der Waals surface area contributed by atoms with Crippen LogP contribution >= 0.6 is 15.9 Å². The minimum absolute atomic E-state index is 0.0109. The van der Waals surface area contributed by atoms with E-state index in [2.05, 4.69) is 20.9 Å². The zero-order valence-electron chi connectivity index (χ0n) is 11.4. The number of aromatic amines is 1. The molecular formula is C13H19BrN2O3. The van der Waals surface area contributed by atoms with Gasteiger partial charge in [0.2, 0.25) is 0 Å². The van der Waals surface area contributed by atoms with Crippen LogP contribution in [0.25, 0.3) is 0 Å². The number of hydrogen-bond acceptors (Lipinski definition) is 3. The van der Waals surface area contributed by atoms with E-state index in [1.807, 2.05) is 18.7 Å². The molecule has 6 heteroatoms. The Balaban J connectivity index is 2.12. The summed E-state index contributed by atoms with van der Waals surface area (Å²) in [6, 6.07) is 1.79. The Morgan fingerprint density at radius 3 is 3.00 bits per heavy atom. The van der Waals surface area contributed by atoms with E-state index in [9.17, 15) is 4.79 Å². The first-order valence-electron chi connectivity index (χ1n) is 6.21. The lowest BCUT2D eigenvalue weighted by atomic mass is 10.0. The molecular weight excluding hydrogens is 312 g/mol. The first-order valence-corrected chi connectivity index (χ1v) is 7.00. The van der Waals surface area contributed by atoms with Gasteiger partial charge in [-0.25, -0.2) is 0 Å². The molecule has 0 radical (unpaired) electrons. The van der Waals surface area contributed by atoms with E-state index in [0.717, 1.165) is 4.47 Å². The Morgan fingerprint density at radius 1 is 1.68 bits per heavy atom. The van der Waals surface area contributed by atoms with Crippen molar-refractivity contribution in [3.05, 3.63) is 22.4 Å². The van der Waals surface area contributed by atoms with Gasteiger partial charge in [0.15, 0.2) is 0 Å². The molecule has 1 aliphatic rings. The van der Waals surface area contributed by atoms with Crippen LogP contribution in [0.2, 0.25) is 0 Å². The molecule has 0 aliphatic carbocycles. The molecule has 0 bridgehead atoms. The van der Waals surface area contributed by atoms with Crippen LogP contribution in [0.3, 0.4) is 0 Å². The molecule has 2 heterocycles. The maximum atomic E-state index is 12.4. The summed E-state index contributed by atoms with van der Waals surface area (Å²) in [4.78, 5) is 17.2. The monoisotopic (exact) mass is 330 g/mol. The highest BCUT2D eigenvalue weighted by atomic mass is 79.9. The number of nitrogens with zero attached hydrogens (tertiary/aromatic N) is 1. The molecule has 1 saturated heterocycles. The Kier molecular flexibility index (Phi) is 4.32. The lowest BCUT2D eigenvalue weighted by molar-refractivity contribution is -0.143. The van der Waals surface area contributed by atoms with Crippen LogP contribution in [0, 0.1) is 0 Å². The SMILES string of the molecule is COC[C@H]1CN(C(=O)c2cc(Br)c[nH]2)CC(C)(C)O1. The molecule has 1 fully saturated rings. The maximum absolute atomic E-state index is 12.4. The summed E-state index contributed by atoms with van der Waals surface area (Å²) < 4.78 is 11.9. The maximum Gasteiger partial charge on any atom is 0.270 e. The summed E-state index contributed by atoms with van der Waals surface area (Å²) in [6.45, 7) is 5.58. The van der Waals surface area contributed by atoms with Gasteiger partial charge in [-0.15, -0.1) is 0 Å². The topological polar surface area (TPSA) is 54.6 Å². The molecule has 1 aromatic heterocycles. The molecule has 1 aromatic rings. The fourth-order valence-electron chi connectivity index (χ4n) is 2.38.